The average Bonchev–Trinajstić information content (AvgIpc) is 3.02. The normalized spacial score (nSPS) is 12.1. The molecule has 1 N–H and O–H groups in total. The Morgan fingerprint density at radius 3 is 2.62 bits per heavy atom. The third-order valence-electron chi connectivity index (χ3n) is 3.22. The molecular weight excluding hydrogens is 330 g/mol. The predicted octanol–water partition coefficient (Wildman–Crippen LogP) is 4.67. The van der Waals surface area contributed by atoms with E-state index in [2.05, 4.69) is 50.5 Å². The summed E-state index contributed by atoms with van der Waals surface area (Å²) >= 11 is 3.50. The van der Waals surface area contributed by atoms with Crippen molar-refractivity contribution in [3.63, 3.8) is 0 Å². The standard InChI is InChI=1S/C16H14BrN3O/c1-11(13-3-2-4-14(17)9-13)19-15-7-5-12(6-8-15)16-20-18-10-21-16/h2-11,19H,1H3. The molecule has 0 fully saturated rings. The van der Waals surface area contributed by atoms with E-state index in [4.69, 9.17) is 4.42 Å². The van der Waals surface area contributed by atoms with Gasteiger partial charge in [0.1, 0.15) is 0 Å². The van der Waals surface area contributed by atoms with Crippen molar-refractivity contribution >= 4 is 21.6 Å². The van der Waals surface area contributed by atoms with Crippen LogP contribution in [0.1, 0.15) is 18.5 Å². The Morgan fingerprint density at radius 1 is 1.14 bits per heavy atom. The molecular formula is C16H14BrN3O. The highest BCUT2D eigenvalue weighted by molar-refractivity contribution is 9.10. The molecule has 0 aliphatic carbocycles. The molecule has 0 saturated carbocycles. The van der Waals surface area contributed by atoms with Gasteiger partial charge in [-0.15, -0.1) is 10.2 Å². The van der Waals surface area contributed by atoms with E-state index >= 15 is 0 Å². The minimum atomic E-state index is 0.219. The number of rotatable bonds is 4. The first-order chi connectivity index (χ1) is 10.2. The zero-order valence-corrected chi connectivity index (χ0v) is 13.0. The summed E-state index contributed by atoms with van der Waals surface area (Å²) < 4.78 is 6.26. The van der Waals surface area contributed by atoms with E-state index in [1.54, 1.807) is 0 Å². The van der Waals surface area contributed by atoms with Crippen molar-refractivity contribution in [2.24, 2.45) is 0 Å². The second kappa shape index (κ2) is 6.10. The molecule has 1 heterocycles. The Labute approximate surface area is 131 Å². The molecule has 1 aromatic heterocycles. The summed E-state index contributed by atoms with van der Waals surface area (Å²) in [6, 6.07) is 16.4. The number of benzene rings is 2. The van der Waals surface area contributed by atoms with Crippen LogP contribution in [0, 0.1) is 0 Å². The van der Waals surface area contributed by atoms with Gasteiger partial charge in [-0.3, -0.25) is 0 Å². The highest BCUT2D eigenvalue weighted by atomic mass is 79.9. The van der Waals surface area contributed by atoms with Gasteiger partial charge in [-0.2, -0.15) is 0 Å². The lowest BCUT2D eigenvalue weighted by Gasteiger charge is -2.16. The number of aromatic nitrogens is 2. The number of anilines is 1. The lowest BCUT2D eigenvalue weighted by molar-refractivity contribution is 0.568. The molecule has 3 rings (SSSR count). The quantitative estimate of drug-likeness (QED) is 0.747. The molecule has 0 aliphatic rings. The van der Waals surface area contributed by atoms with Gasteiger partial charge in [0.15, 0.2) is 0 Å². The van der Waals surface area contributed by atoms with E-state index in [-0.39, 0.29) is 6.04 Å². The molecule has 0 bridgehead atoms. The zero-order chi connectivity index (χ0) is 14.7. The Kier molecular flexibility index (Phi) is 4.01. The van der Waals surface area contributed by atoms with E-state index in [0.29, 0.717) is 5.89 Å². The van der Waals surface area contributed by atoms with Crippen molar-refractivity contribution in [2.45, 2.75) is 13.0 Å². The van der Waals surface area contributed by atoms with E-state index in [9.17, 15) is 0 Å². The molecule has 0 saturated heterocycles. The summed E-state index contributed by atoms with van der Waals surface area (Å²) in [6.45, 7) is 2.13. The van der Waals surface area contributed by atoms with Crippen LogP contribution in [0.5, 0.6) is 0 Å². The van der Waals surface area contributed by atoms with Crippen LogP contribution in [-0.2, 0) is 0 Å². The van der Waals surface area contributed by atoms with Crippen LogP contribution in [0.4, 0.5) is 5.69 Å². The second-order valence-electron chi connectivity index (χ2n) is 4.74. The zero-order valence-electron chi connectivity index (χ0n) is 11.5. The van der Waals surface area contributed by atoms with Crippen molar-refractivity contribution in [2.75, 3.05) is 5.32 Å². The monoisotopic (exact) mass is 343 g/mol. The van der Waals surface area contributed by atoms with Crippen LogP contribution in [0.2, 0.25) is 0 Å². The summed E-state index contributed by atoms with van der Waals surface area (Å²) in [5.74, 6) is 0.529. The second-order valence-corrected chi connectivity index (χ2v) is 5.66. The van der Waals surface area contributed by atoms with Crippen molar-refractivity contribution in [3.8, 4) is 11.5 Å². The minimum Gasteiger partial charge on any atom is -0.423 e. The van der Waals surface area contributed by atoms with Crippen molar-refractivity contribution in [1.82, 2.24) is 10.2 Å². The topological polar surface area (TPSA) is 51.0 Å². The van der Waals surface area contributed by atoms with Gasteiger partial charge in [-0.05, 0) is 48.9 Å². The van der Waals surface area contributed by atoms with Gasteiger partial charge in [0.2, 0.25) is 12.3 Å². The highest BCUT2D eigenvalue weighted by Crippen LogP contribution is 2.24. The van der Waals surface area contributed by atoms with Crippen LogP contribution < -0.4 is 5.32 Å². The smallest absolute Gasteiger partial charge is 0.247 e. The number of hydrogen-bond acceptors (Lipinski definition) is 4. The Bertz CT molecular complexity index is 711. The summed E-state index contributed by atoms with van der Waals surface area (Å²) in [5.41, 5.74) is 3.18. The first kappa shape index (κ1) is 13.8. The first-order valence-corrected chi connectivity index (χ1v) is 7.40. The minimum absolute atomic E-state index is 0.219. The van der Waals surface area contributed by atoms with Crippen molar-refractivity contribution in [1.29, 1.82) is 0 Å². The lowest BCUT2D eigenvalue weighted by atomic mass is 10.1. The Balaban J connectivity index is 1.73. The maximum Gasteiger partial charge on any atom is 0.247 e. The van der Waals surface area contributed by atoms with Crippen LogP contribution in [0.25, 0.3) is 11.5 Å². The third kappa shape index (κ3) is 3.31. The summed E-state index contributed by atoms with van der Waals surface area (Å²) in [4.78, 5) is 0. The highest BCUT2D eigenvalue weighted by Gasteiger charge is 2.07. The molecule has 0 amide bonds. The van der Waals surface area contributed by atoms with E-state index in [1.807, 2.05) is 36.4 Å². The van der Waals surface area contributed by atoms with Gasteiger partial charge in [-0.1, -0.05) is 28.1 Å². The predicted molar refractivity (Wildman–Crippen MR) is 85.9 cm³/mol. The molecule has 21 heavy (non-hydrogen) atoms. The summed E-state index contributed by atoms with van der Waals surface area (Å²) in [7, 11) is 0. The van der Waals surface area contributed by atoms with E-state index in [0.717, 1.165) is 15.7 Å². The lowest BCUT2D eigenvalue weighted by Crippen LogP contribution is -2.06. The SMILES string of the molecule is CC(Nc1ccc(-c2nnco2)cc1)c1cccc(Br)c1. The molecule has 1 unspecified atom stereocenters. The molecule has 0 aliphatic heterocycles. The number of nitrogens with zero attached hydrogens (tertiary/aromatic N) is 2. The summed E-state index contributed by atoms with van der Waals surface area (Å²) in [6.07, 6.45) is 1.33. The fourth-order valence-electron chi connectivity index (χ4n) is 2.12. The maximum absolute atomic E-state index is 5.18. The summed E-state index contributed by atoms with van der Waals surface area (Å²) in [5, 5.41) is 11.0. The van der Waals surface area contributed by atoms with Gasteiger partial charge in [0, 0.05) is 21.8 Å². The Morgan fingerprint density at radius 2 is 1.95 bits per heavy atom. The molecule has 5 heteroatoms. The fraction of sp³-hybridized carbons (Fsp3) is 0.125. The molecule has 0 spiro atoms. The van der Waals surface area contributed by atoms with Crippen LogP contribution in [-0.4, -0.2) is 10.2 Å². The van der Waals surface area contributed by atoms with Gasteiger partial charge in [0.05, 0.1) is 0 Å². The van der Waals surface area contributed by atoms with Gasteiger partial charge in [0.25, 0.3) is 0 Å². The molecule has 4 nitrogen and oxygen atoms in total. The maximum atomic E-state index is 5.18. The molecule has 106 valence electrons. The third-order valence-corrected chi connectivity index (χ3v) is 3.72. The molecule has 1 atom stereocenters. The van der Waals surface area contributed by atoms with Crippen molar-refractivity contribution in [3.05, 3.63) is 65.0 Å². The molecule has 0 radical (unpaired) electrons. The van der Waals surface area contributed by atoms with E-state index < -0.39 is 0 Å². The number of nitrogens with one attached hydrogen (secondary N) is 1. The van der Waals surface area contributed by atoms with Gasteiger partial charge >= 0.3 is 0 Å². The first-order valence-electron chi connectivity index (χ1n) is 6.61. The van der Waals surface area contributed by atoms with E-state index in [1.165, 1.54) is 12.0 Å². The molecule has 2 aromatic carbocycles. The largest absolute Gasteiger partial charge is 0.423 e. The Hall–Kier alpha value is -2.14. The van der Waals surface area contributed by atoms with Crippen LogP contribution in [0.3, 0.4) is 0 Å². The van der Waals surface area contributed by atoms with Crippen molar-refractivity contribution < 1.29 is 4.42 Å². The van der Waals surface area contributed by atoms with Gasteiger partial charge < -0.3 is 9.73 Å². The number of hydrogen-bond donors (Lipinski definition) is 1. The van der Waals surface area contributed by atoms with Crippen LogP contribution >= 0.6 is 15.9 Å². The van der Waals surface area contributed by atoms with Gasteiger partial charge in [-0.25, -0.2) is 0 Å². The fourth-order valence-corrected chi connectivity index (χ4v) is 2.53. The van der Waals surface area contributed by atoms with Crippen LogP contribution in [0.15, 0.2) is 63.8 Å². The number of halogens is 1. The molecule has 3 aromatic rings. The average molecular weight is 344 g/mol.